The Balaban J connectivity index is 1.83. The minimum absolute atomic E-state index is 0.0214. The van der Waals surface area contributed by atoms with Gasteiger partial charge in [0.15, 0.2) is 0 Å². The molecule has 0 saturated carbocycles. The number of carbonyl (C=O) groups is 4. The Morgan fingerprint density at radius 1 is 0.898 bits per heavy atom. The molecule has 0 unspecified atom stereocenters. The molecule has 0 radical (unpaired) electrons. The lowest BCUT2D eigenvalue weighted by molar-refractivity contribution is -0.146. The maximum Gasteiger partial charge on any atom is 0.247 e. The lowest BCUT2D eigenvalue weighted by Crippen LogP contribution is -2.55. The van der Waals surface area contributed by atoms with Crippen LogP contribution in [0.3, 0.4) is 0 Å². The number of likely N-dealkylation sites (N-methyl/N-ethyl adjacent to an activating group) is 1. The van der Waals surface area contributed by atoms with Crippen LogP contribution in [0.15, 0.2) is 59.6 Å². The molecule has 1 aliphatic heterocycles. The number of rotatable bonds is 21. The highest BCUT2D eigenvalue weighted by atomic mass is 16.5. The van der Waals surface area contributed by atoms with Crippen LogP contribution in [0.5, 0.6) is 0 Å². The molecule has 13 heteroatoms. The third kappa shape index (κ3) is 13.3. The number of ether oxygens (including phenoxy) is 2. The molecule has 2 aromatic rings. The van der Waals surface area contributed by atoms with E-state index in [9.17, 15) is 19.2 Å². The van der Waals surface area contributed by atoms with E-state index in [1.54, 1.807) is 45.2 Å². The van der Waals surface area contributed by atoms with Crippen molar-refractivity contribution in [1.29, 1.82) is 0 Å². The van der Waals surface area contributed by atoms with Gasteiger partial charge in [0.25, 0.3) is 0 Å². The standard InChI is InChI=1S/C46H73N7O6/c1-13-31(6)41(52(10)46(57)40(29(2)3)50-43(30(4)5)51(8)9)38(58-11)27-39(54)53-25-17-20-37(53)42(59-12)32(7)44(55)49-36(26-33-18-15-14-16-19-33)45(56)48-35-23-21-34(28-47)22-24-35/h14-16,18-19,21-24,29-32,36-38,40-42H,13,17,20,25-28,47H2,1-12H3,(H,48,56)(H,49,55)/t31-,32+,36-,37-,38+,40-,41-,42+/m0/s1. The summed E-state index contributed by atoms with van der Waals surface area (Å²) in [4.78, 5) is 66.9. The van der Waals surface area contributed by atoms with Crippen molar-refractivity contribution in [2.24, 2.45) is 34.4 Å². The molecule has 328 valence electrons. The highest BCUT2D eigenvalue weighted by Crippen LogP contribution is 2.30. The maximum absolute atomic E-state index is 14.4. The Bertz CT molecular complexity index is 1660. The summed E-state index contributed by atoms with van der Waals surface area (Å²) in [5.41, 5.74) is 8.18. The minimum atomic E-state index is -0.874. The third-order valence-electron chi connectivity index (χ3n) is 11.8. The van der Waals surface area contributed by atoms with Gasteiger partial charge < -0.3 is 40.5 Å². The second-order valence-corrected chi connectivity index (χ2v) is 17.0. The van der Waals surface area contributed by atoms with Crippen molar-refractivity contribution in [2.45, 2.75) is 123 Å². The minimum Gasteiger partial charge on any atom is -0.379 e. The molecule has 1 aliphatic rings. The van der Waals surface area contributed by atoms with Crippen LogP contribution in [0.1, 0.15) is 85.3 Å². The van der Waals surface area contributed by atoms with Gasteiger partial charge in [-0.05, 0) is 47.9 Å². The van der Waals surface area contributed by atoms with E-state index in [1.807, 2.05) is 80.2 Å². The van der Waals surface area contributed by atoms with E-state index in [0.29, 0.717) is 25.2 Å². The van der Waals surface area contributed by atoms with Crippen molar-refractivity contribution in [3.05, 3.63) is 65.7 Å². The molecular weight excluding hydrogens is 747 g/mol. The van der Waals surface area contributed by atoms with Crippen molar-refractivity contribution in [2.75, 3.05) is 47.2 Å². The summed E-state index contributed by atoms with van der Waals surface area (Å²) in [6, 6.07) is 14.6. The first kappa shape index (κ1) is 49.0. The SMILES string of the molecule is CC[C@H](C)[C@@H]([C@@H](CC(=O)N1CCC[C@H]1[C@H](OC)[C@@H](C)C(=O)N[C@@H](Cc1ccccc1)C(=O)Nc1ccc(CN)cc1)OC)N(C)C(=O)[C@@H](N=C(C(C)C)N(C)C)C(C)C. The van der Waals surface area contributed by atoms with Gasteiger partial charge in [0.05, 0.1) is 36.6 Å². The summed E-state index contributed by atoms with van der Waals surface area (Å²) in [6.07, 6.45) is 1.27. The summed E-state index contributed by atoms with van der Waals surface area (Å²) in [5, 5.41) is 5.95. The van der Waals surface area contributed by atoms with Crippen LogP contribution < -0.4 is 16.4 Å². The van der Waals surface area contributed by atoms with Crippen molar-refractivity contribution >= 4 is 35.2 Å². The zero-order valence-electron chi connectivity index (χ0n) is 37.7. The molecule has 59 heavy (non-hydrogen) atoms. The molecule has 0 aliphatic carbocycles. The molecule has 2 aromatic carbocycles. The van der Waals surface area contributed by atoms with Gasteiger partial charge in [-0.3, -0.25) is 24.2 Å². The Morgan fingerprint density at radius 2 is 1.54 bits per heavy atom. The first-order chi connectivity index (χ1) is 28.0. The summed E-state index contributed by atoms with van der Waals surface area (Å²) in [6.45, 7) is 15.0. The molecule has 13 nitrogen and oxygen atoms in total. The van der Waals surface area contributed by atoms with Gasteiger partial charge >= 0.3 is 0 Å². The van der Waals surface area contributed by atoms with Crippen LogP contribution in [0.25, 0.3) is 0 Å². The van der Waals surface area contributed by atoms with E-state index in [1.165, 1.54) is 0 Å². The zero-order valence-corrected chi connectivity index (χ0v) is 37.7. The molecular formula is C46H73N7O6. The number of methoxy groups -OCH3 is 2. The Morgan fingerprint density at radius 3 is 2.07 bits per heavy atom. The number of nitrogens with two attached hydrogens (primary N) is 1. The molecule has 1 fully saturated rings. The van der Waals surface area contributed by atoms with Crippen LogP contribution >= 0.6 is 0 Å². The topological polar surface area (TPSA) is 159 Å². The van der Waals surface area contributed by atoms with Gasteiger partial charge in [-0.2, -0.15) is 0 Å². The summed E-state index contributed by atoms with van der Waals surface area (Å²) >= 11 is 0. The summed E-state index contributed by atoms with van der Waals surface area (Å²) < 4.78 is 12.1. The zero-order chi connectivity index (χ0) is 44.0. The van der Waals surface area contributed by atoms with E-state index < -0.39 is 36.3 Å². The number of nitrogens with one attached hydrogen (secondary N) is 2. The fourth-order valence-electron chi connectivity index (χ4n) is 8.24. The molecule has 0 bridgehead atoms. The number of benzene rings is 2. The second-order valence-electron chi connectivity index (χ2n) is 17.0. The van der Waals surface area contributed by atoms with Crippen LogP contribution in [-0.2, 0) is 41.6 Å². The normalized spacial score (nSPS) is 18.1. The molecule has 0 aromatic heterocycles. The molecule has 8 atom stereocenters. The Labute approximate surface area is 353 Å². The quantitative estimate of drug-likeness (QED) is 0.112. The number of carbonyl (C=O) groups excluding carboxylic acids is 4. The number of likely N-dealkylation sites (tertiary alicyclic amines) is 1. The first-order valence-corrected chi connectivity index (χ1v) is 21.3. The molecule has 4 N–H and O–H groups in total. The van der Waals surface area contributed by atoms with Crippen molar-refractivity contribution < 1.29 is 28.7 Å². The van der Waals surface area contributed by atoms with Crippen molar-refractivity contribution in [3.63, 3.8) is 0 Å². The number of nitrogens with zero attached hydrogens (tertiary/aromatic N) is 4. The molecule has 1 saturated heterocycles. The van der Waals surface area contributed by atoms with E-state index in [4.69, 9.17) is 20.2 Å². The number of aliphatic imine (C=N–C) groups is 1. The van der Waals surface area contributed by atoms with Crippen LogP contribution in [-0.4, -0.2) is 122 Å². The van der Waals surface area contributed by atoms with Crippen LogP contribution in [0, 0.1) is 23.7 Å². The van der Waals surface area contributed by atoms with E-state index in [0.717, 1.165) is 29.8 Å². The predicted octanol–water partition coefficient (Wildman–Crippen LogP) is 5.37. The predicted molar refractivity (Wildman–Crippen MR) is 236 cm³/mol. The van der Waals surface area contributed by atoms with Gasteiger partial charge in [0.2, 0.25) is 23.6 Å². The highest BCUT2D eigenvalue weighted by molar-refractivity contribution is 5.97. The van der Waals surface area contributed by atoms with Crippen LogP contribution in [0.2, 0.25) is 0 Å². The molecule has 1 heterocycles. The summed E-state index contributed by atoms with van der Waals surface area (Å²) in [5.74, 6) is -0.679. The fourth-order valence-corrected chi connectivity index (χ4v) is 8.24. The average Bonchev–Trinajstić information content (AvgIpc) is 3.70. The van der Waals surface area contributed by atoms with Gasteiger partial charge in [0, 0.05) is 66.5 Å². The van der Waals surface area contributed by atoms with Crippen molar-refractivity contribution in [1.82, 2.24) is 20.0 Å². The Kier molecular flexibility index (Phi) is 19.5. The lowest BCUT2D eigenvalue weighted by Gasteiger charge is -2.40. The second kappa shape index (κ2) is 23.5. The van der Waals surface area contributed by atoms with E-state index >= 15 is 0 Å². The number of anilines is 1. The van der Waals surface area contributed by atoms with E-state index in [-0.39, 0.29) is 60.3 Å². The number of amidine groups is 1. The summed E-state index contributed by atoms with van der Waals surface area (Å²) in [7, 11) is 8.83. The van der Waals surface area contributed by atoms with Gasteiger partial charge in [0.1, 0.15) is 17.9 Å². The maximum atomic E-state index is 14.4. The number of amides is 4. The van der Waals surface area contributed by atoms with Gasteiger partial charge in [-0.25, -0.2) is 0 Å². The first-order valence-electron chi connectivity index (χ1n) is 21.3. The molecule has 0 spiro atoms. The van der Waals surface area contributed by atoms with Gasteiger partial charge in [-0.15, -0.1) is 0 Å². The van der Waals surface area contributed by atoms with E-state index in [2.05, 4.69) is 38.3 Å². The largest absolute Gasteiger partial charge is 0.379 e. The number of hydrogen-bond acceptors (Lipinski definition) is 8. The highest BCUT2D eigenvalue weighted by Gasteiger charge is 2.43. The third-order valence-corrected chi connectivity index (χ3v) is 11.8. The fraction of sp³-hybridized carbons (Fsp3) is 0.630. The monoisotopic (exact) mass is 820 g/mol. The molecule has 4 amide bonds. The van der Waals surface area contributed by atoms with Crippen LogP contribution in [0.4, 0.5) is 5.69 Å². The smallest absolute Gasteiger partial charge is 0.247 e. The number of hydrogen-bond donors (Lipinski definition) is 3. The average molecular weight is 820 g/mol. The molecule has 3 rings (SSSR count). The van der Waals surface area contributed by atoms with Crippen molar-refractivity contribution in [3.8, 4) is 0 Å². The van der Waals surface area contributed by atoms with Gasteiger partial charge in [-0.1, -0.05) is 97.4 Å². The Hall–Kier alpha value is -4.33. The lowest BCUT2D eigenvalue weighted by atomic mass is 9.89.